The number of para-hydroxylation sites is 1. The zero-order chi connectivity index (χ0) is 21.9. The lowest BCUT2D eigenvalue weighted by atomic mass is 9.92. The molecule has 1 saturated carbocycles. The molecule has 4 aromatic rings. The van der Waals surface area contributed by atoms with Crippen molar-refractivity contribution < 1.29 is 13.5 Å². The summed E-state index contributed by atoms with van der Waals surface area (Å²) in [5.41, 5.74) is 0.393. The van der Waals surface area contributed by atoms with Gasteiger partial charge in [-0.15, -0.1) is 0 Å². The SMILES string of the molecule is O=S1(=O)c2ccccc2-c2nc(c3ccccc3n2)NC2CCC(O)(C2)c2ccccc21. The molecule has 1 fully saturated rings. The Balaban J connectivity index is 1.72. The van der Waals surface area contributed by atoms with Crippen molar-refractivity contribution in [1.82, 2.24) is 9.97 Å². The van der Waals surface area contributed by atoms with E-state index in [0.29, 0.717) is 42.0 Å². The third kappa shape index (κ3) is 2.85. The van der Waals surface area contributed by atoms with Crippen LogP contribution in [0.3, 0.4) is 0 Å². The van der Waals surface area contributed by atoms with Crippen molar-refractivity contribution in [2.45, 2.75) is 40.7 Å². The predicted octanol–water partition coefficient (Wildman–Crippen LogP) is 4.30. The average Bonchev–Trinajstić information content (AvgIpc) is 3.20. The van der Waals surface area contributed by atoms with Gasteiger partial charge in [0.15, 0.2) is 5.82 Å². The van der Waals surface area contributed by atoms with Crippen molar-refractivity contribution in [3.05, 3.63) is 78.4 Å². The molecule has 4 bridgehead atoms. The molecule has 2 aliphatic rings. The number of aromatic nitrogens is 2. The molecule has 6 nitrogen and oxygen atoms in total. The fourth-order valence-electron chi connectivity index (χ4n) is 4.98. The number of benzene rings is 3. The molecule has 160 valence electrons. The summed E-state index contributed by atoms with van der Waals surface area (Å²) in [6.07, 6.45) is 1.56. The molecule has 1 aliphatic carbocycles. The van der Waals surface area contributed by atoms with E-state index in [2.05, 4.69) is 5.32 Å². The fourth-order valence-corrected chi connectivity index (χ4v) is 6.73. The van der Waals surface area contributed by atoms with E-state index >= 15 is 0 Å². The van der Waals surface area contributed by atoms with Gasteiger partial charge in [0.25, 0.3) is 0 Å². The minimum Gasteiger partial charge on any atom is -0.385 e. The fraction of sp³-hybridized carbons (Fsp3) is 0.200. The van der Waals surface area contributed by atoms with Crippen LogP contribution in [0.1, 0.15) is 24.8 Å². The summed E-state index contributed by atoms with van der Waals surface area (Å²) in [5, 5.41) is 16.0. The van der Waals surface area contributed by atoms with E-state index in [-0.39, 0.29) is 15.8 Å². The summed E-state index contributed by atoms with van der Waals surface area (Å²) in [7, 11) is -3.94. The van der Waals surface area contributed by atoms with Crippen LogP contribution in [-0.4, -0.2) is 29.5 Å². The monoisotopic (exact) mass is 443 g/mol. The van der Waals surface area contributed by atoms with Crippen LogP contribution in [0.25, 0.3) is 22.3 Å². The second-order valence-electron chi connectivity index (χ2n) is 8.52. The predicted molar refractivity (Wildman–Crippen MR) is 122 cm³/mol. The van der Waals surface area contributed by atoms with Gasteiger partial charge in [-0.25, -0.2) is 18.4 Å². The number of rotatable bonds is 0. The Labute approximate surface area is 185 Å². The Morgan fingerprint density at radius 1 is 0.906 bits per heavy atom. The maximum atomic E-state index is 13.9. The Kier molecular flexibility index (Phi) is 4.15. The lowest BCUT2D eigenvalue weighted by molar-refractivity contribution is 0.0407. The highest BCUT2D eigenvalue weighted by molar-refractivity contribution is 7.91. The van der Waals surface area contributed by atoms with Crippen LogP contribution < -0.4 is 5.32 Å². The van der Waals surface area contributed by atoms with Crippen molar-refractivity contribution in [1.29, 1.82) is 0 Å². The molecule has 0 radical (unpaired) electrons. The number of fused-ring (bicyclic) bond motifs is 10. The normalized spacial score (nSPS) is 23.3. The highest BCUT2D eigenvalue weighted by Gasteiger charge is 2.43. The van der Waals surface area contributed by atoms with E-state index in [4.69, 9.17) is 9.97 Å². The molecule has 2 heterocycles. The summed E-state index contributed by atoms with van der Waals surface area (Å²) in [6, 6.07) is 21.2. The summed E-state index contributed by atoms with van der Waals surface area (Å²) < 4.78 is 27.9. The van der Waals surface area contributed by atoms with Gasteiger partial charge in [-0.05, 0) is 43.2 Å². The highest BCUT2D eigenvalue weighted by Crippen LogP contribution is 2.45. The van der Waals surface area contributed by atoms with Gasteiger partial charge in [0.05, 0.1) is 20.9 Å². The number of hydrogen-bond acceptors (Lipinski definition) is 6. The Hall–Kier alpha value is -3.29. The molecular weight excluding hydrogens is 422 g/mol. The molecule has 1 aliphatic heterocycles. The lowest BCUT2D eigenvalue weighted by Crippen LogP contribution is -2.28. The van der Waals surface area contributed by atoms with Crippen LogP contribution in [-0.2, 0) is 15.4 Å². The molecule has 7 heteroatoms. The molecule has 2 N–H and O–H groups in total. The van der Waals surface area contributed by atoms with Gasteiger partial charge < -0.3 is 10.4 Å². The van der Waals surface area contributed by atoms with Crippen LogP contribution in [0.15, 0.2) is 82.6 Å². The van der Waals surface area contributed by atoms with Gasteiger partial charge in [0, 0.05) is 29.0 Å². The van der Waals surface area contributed by atoms with Crippen LogP contribution in [0, 0.1) is 0 Å². The first-order valence-electron chi connectivity index (χ1n) is 10.7. The number of anilines is 1. The maximum Gasteiger partial charge on any atom is 0.207 e. The van der Waals surface area contributed by atoms with E-state index in [1.54, 1.807) is 48.5 Å². The molecule has 0 spiro atoms. The quantitative estimate of drug-likeness (QED) is 0.421. The summed E-state index contributed by atoms with van der Waals surface area (Å²) in [5.74, 6) is 1.01. The minimum atomic E-state index is -3.94. The summed E-state index contributed by atoms with van der Waals surface area (Å²) in [6.45, 7) is 0. The van der Waals surface area contributed by atoms with Gasteiger partial charge in [0.1, 0.15) is 5.82 Å². The molecule has 1 aromatic heterocycles. The largest absolute Gasteiger partial charge is 0.385 e. The summed E-state index contributed by atoms with van der Waals surface area (Å²) in [4.78, 5) is 9.74. The Bertz CT molecular complexity index is 1490. The molecular formula is C25H21N3O3S. The molecule has 0 saturated heterocycles. The molecule has 32 heavy (non-hydrogen) atoms. The number of nitrogens with zero attached hydrogens (tertiary/aromatic N) is 2. The number of sulfone groups is 1. The zero-order valence-corrected chi connectivity index (χ0v) is 18.0. The Morgan fingerprint density at radius 2 is 1.62 bits per heavy atom. The van der Waals surface area contributed by atoms with E-state index in [0.717, 1.165) is 10.9 Å². The van der Waals surface area contributed by atoms with Crippen molar-refractivity contribution in [2.24, 2.45) is 0 Å². The van der Waals surface area contributed by atoms with E-state index in [1.807, 2.05) is 24.3 Å². The number of nitrogens with one attached hydrogen (secondary N) is 1. The van der Waals surface area contributed by atoms with Crippen molar-refractivity contribution >= 4 is 26.6 Å². The number of hydrogen-bond donors (Lipinski definition) is 2. The molecule has 2 atom stereocenters. The summed E-state index contributed by atoms with van der Waals surface area (Å²) >= 11 is 0. The first-order valence-corrected chi connectivity index (χ1v) is 12.1. The van der Waals surface area contributed by atoms with Gasteiger partial charge in [-0.3, -0.25) is 0 Å². The van der Waals surface area contributed by atoms with Crippen LogP contribution >= 0.6 is 0 Å². The highest BCUT2D eigenvalue weighted by atomic mass is 32.2. The number of aliphatic hydroxyl groups is 1. The van der Waals surface area contributed by atoms with Crippen molar-refractivity contribution in [3.8, 4) is 11.4 Å². The first-order chi connectivity index (χ1) is 15.5. The van der Waals surface area contributed by atoms with Crippen molar-refractivity contribution in [3.63, 3.8) is 0 Å². The first kappa shape index (κ1) is 19.4. The minimum absolute atomic E-state index is 0.0448. The van der Waals surface area contributed by atoms with Crippen LogP contribution in [0.4, 0.5) is 5.82 Å². The smallest absolute Gasteiger partial charge is 0.207 e. The van der Waals surface area contributed by atoms with E-state index < -0.39 is 15.4 Å². The second kappa shape index (κ2) is 6.85. The van der Waals surface area contributed by atoms with E-state index in [1.165, 1.54) is 0 Å². The zero-order valence-electron chi connectivity index (χ0n) is 17.2. The molecule has 3 aromatic carbocycles. The van der Waals surface area contributed by atoms with E-state index in [9.17, 15) is 13.5 Å². The maximum absolute atomic E-state index is 13.9. The van der Waals surface area contributed by atoms with Gasteiger partial charge in [0.2, 0.25) is 9.84 Å². The second-order valence-corrected chi connectivity index (χ2v) is 10.4. The topological polar surface area (TPSA) is 92.2 Å². The standard InChI is InChI=1S/C25H21N3O3S/c29-25-14-13-16(15-25)26-23-17-7-1-4-10-20(17)27-24(28-23)18-8-2-5-11-21(18)32(30,31)22-12-6-3-9-19(22)25/h1-12,16,29H,13-15H2,(H,26,27,28). The van der Waals surface area contributed by atoms with Gasteiger partial charge in [-0.2, -0.15) is 0 Å². The van der Waals surface area contributed by atoms with Gasteiger partial charge >= 0.3 is 0 Å². The van der Waals surface area contributed by atoms with Crippen molar-refractivity contribution in [2.75, 3.05) is 5.32 Å². The average molecular weight is 444 g/mol. The third-order valence-electron chi connectivity index (χ3n) is 6.53. The molecule has 0 amide bonds. The third-order valence-corrected chi connectivity index (χ3v) is 8.40. The molecule has 2 unspecified atom stereocenters. The molecule has 6 rings (SSSR count). The van der Waals surface area contributed by atoms with Crippen LogP contribution in [0.5, 0.6) is 0 Å². The lowest BCUT2D eigenvalue weighted by Gasteiger charge is -2.27. The Morgan fingerprint density at radius 3 is 2.50 bits per heavy atom. The van der Waals surface area contributed by atoms with Crippen LogP contribution in [0.2, 0.25) is 0 Å². The van der Waals surface area contributed by atoms with Gasteiger partial charge in [-0.1, -0.05) is 42.5 Å².